The molecule has 0 bridgehead atoms. The van der Waals surface area contributed by atoms with Crippen LogP contribution in [0.3, 0.4) is 0 Å². The third-order valence-electron chi connectivity index (χ3n) is 5.37. The van der Waals surface area contributed by atoms with Crippen LogP contribution in [0.25, 0.3) is 0 Å². The predicted molar refractivity (Wildman–Crippen MR) is 106 cm³/mol. The zero-order chi connectivity index (χ0) is 20.4. The van der Waals surface area contributed by atoms with Crippen LogP contribution in [0, 0.1) is 0 Å². The van der Waals surface area contributed by atoms with Crippen molar-refractivity contribution in [1.29, 1.82) is 0 Å². The quantitative estimate of drug-likeness (QED) is 0.800. The Labute approximate surface area is 168 Å². The number of morpholine rings is 1. The molecule has 1 saturated heterocycles. The molecule has 8 nitrogen and oxygen atoms in total. The van der Waals surface area contributed by atoms with Crippen LogP contribution in [0.5, 0.6) is 0 Å². The number of carbonyl (C=O) groups excluding carboxylic acids is 3. The topological polar surface area (TPSA) is 93.5 Å². The molecule has 152 valence electrons. The highest BCUT2D eigenvalue weighted by Gasteiger charge is 2.30. The number of Topliss-reactive ketones (excluding diaryl/α,β-unsaturated/α-hetero) is 1. The first-order valence-corrected chi connectivity index (χ1v) is 9.93. The van der Waals surface area contributed by atoms with Crippen molar-refractivity contribution in [1.82, 2.24) is 14.5 Å². The molecule has 0 radical (unpaired) electrons. The standard InChI is InChI=1S/C21H24N4O4/c1-14(26)15-5-7-16(8-6-15)22-20(27)19-23-18(17-4-2-3-9-25(17)19)21(28)24-10-12-29-13-11-24/h5-8H,2-4,9-13H2,1H3,(H,22,27). The lowest BCUT2D eigenvalue weighted by Gasteiger charge is -2.26. The number of benzene rings is 1. The Morgan fingerprint density at radius 3 is 2.45 bits per heavy atom. The van der Waals surface area contributed by atoms with Crippen LogP contribution in [-0.4, -0.2) is 58.4 Å². The minimum absolute atomic E-state index is 0.0310. The van der Waals surface area contributed by atoms with Gasteiger partial charge in [0.15, 0.2) is 11.6 Å². The molecule has 29 heavy (non-hydrogen) atoms. The number of rotatable bonds is 4. The summed E-state index contributed by atoms with van der Waals surface area (Å²) in [5.74, 6) is -0.267. The fourth-order valence-corrected chi connectivity index (χ4v) is 3.78. The van der Waals surface area contributed by atoms with E-state index in [4.69, 9.17) is 4.74 Å². The van der Waals surface area contributed by atoms with Crippen LogP contribution in [0.4, 0.5) is 5.69 Å². The highest BCUT2D eigenvalue weighted by Crippen LogP contribution is 2.23. The summed E-state index contributed by atoms with van der Waals surface area (Å²) in [6.45, 7) is 4.28. The third kappa shape index (κ3) is 3.93. The number of ether oxygens (including phenoxy) is 1. The lowest BCUT2D eigenvalue weighted by molar-refractivity contribution is 0.0298. The van der Waals surface area contributed by atoms with Crippen molar-refractivity contribution < 1.29 is 19.1 Å². The molecule has 1 fully saturated rings. The average Bonchev–Trinajstić information content (AvgIpc) is 3.14. The summed E-state index contributed by atoms with van der Waals surface area (Å²) in [6, 6.07) is 6.72. The summed E-state index contributed by atoms with van der Waals surface area (Å²) in [5, 5.41) is 2.83. The molecular formula is C21H24N4O4. The van der Waals surface area contributed by atoms with Crippen LogP contribution in [0.2, 0.25) is 0 Å². The number of nitrogens with one attached hydrogen (secondary N) is 1. The van der Waals surface area contributed by atoms with E-state index in [9.17, 15) is 14.4 Å². The van der Waals surface area contributed by atoms with Gasteiger partial charge in [-0.2, -0.15) is 0 Å². The van der Waals surface area contributed by atoms with Crippen LogP contribution < -0.4 is 5.32 Å². The maximum absolute atomic E-state index is 13.0. The first-order chi connectivity index (χ1) is 14.0. The molecule has 0 aliphatic carbocycles. The van der Waals surface area contributed by atoms with Gasteiger partial charge in [-0.25, -0.2) is 4.98 Å². The van der Waals surface area contributed by atoms with Gasteiger partial charge in [-0.3, -0.25) is 14.4 Å². The highest BCUT2D eigenvalue weighted by atomic mass is 16.5. The Morgan fingerprint density at radius 2 is 1.76 bits per heavy atom. The number of hydrogen-bond acceptors (Lipinski definition) is 5. The van der Waals surface area contributed by atoms with E-state index in [2.05, 4.69) is 10.3 Å². The number of aromatic nitrogens is 2. The molecule has 1 aromatic heterocycles. The summed E-state index contributed by atoms with van der Waals surface area (Å²) >= 11 is 0. The molecule has 8 heteroatoms. The lowest BCUT2D eigenvalue weighted by atomic mass is 10.1. The molecule has 2 aromatic rings. The molecular weight excluding hydrogens is 372 g/mol. The second-order valence-electron chi connectivity index (χ2n) is 7.33. The van der Waals surface area contributed by atoms with Crippen molar-refractivity contribution in [2.75, 3.05) is 31.6 Å². The zero-order valence-corrected chi connectivity index (χ0v) is 16.4. The summed E-state index contributed by atoms with van der Waals surface area (Å²) in [6.07, 6.45) is 2.66. The molecule has 4 rings (SSSR count). The van der Waals surface area contributed by atoms with E-state index in [1.165, 1.54) is 6.92 Å². The number of fused-ring (bicyclic) bond motifs is 1. The SMILES string of the molecule is CC(=O)c1ccc(NC(=O)c2nc(C(=O)N3CCOCC3)c3n2CCCC3)cc1. The van der Waals surface area contributed by atoms with Crippen LogP contribution in [0.15, 0.2) is 24.3 Å². The minimum atomic E-state index is -0.357. The normalized spacial score (nSPS) is 16.2. The van der Waals surface area contributed by atoms with Gasteiger partial charge >= 0.3 is 0 Å². The number of nitrogens with zero attached hydrogens (tertiary/aromatic N) is 3. The number of ketones is 1. The monoisotopic (exact) mass is 396 g/mol. The van der Waals surface area contributed by atoms with Crippen LogP contribution >= 0.6 is 0 Å². The molecule has 2 aliphatic heterocycles. The summed E-state index contributed by atoms with van der Waals surface area (Å²) < 4.78 is 7.20. The van der Waals surface area contributed by atoms with Gasteiger partial charge in [0.2, 0.25) is 0 Å². The molecule has 2 amide bonds. The fourth-order valence-electron chi connectivity index (χ4n) is 3.78. The Balaban J connectivity index is 1.59. The Kier molecular flexibility index (Phi) is 5.44. The first kappa shape index (κ1) is 19.3. The van der Waals surface area contributed by atoms with Crippen molar-refractivity contribution in [3.8, 4) is 0 Å². The van der Waals surface area contributed by atoms with Crippen LogP contribution in [0.1, 0.15) is 56.9 Å². The van der Waals surface area contributed by atoms with Gasteiger partial charge in [0.05, 0.1) is 18.9 Å². The molecule has 0 spiro atoms. The summed E-state index contributed by atoms with van der Waals surface area (Å²) in [7, 11) is 0. The molecule has 2 aliphatic rings. The average molecular weight is 396 g/mol. The van der Waals surface area contributed by atoms with E-state index in [0.717, 1.165) is 25.0 Å². The molecule has 0 atom stereocenters. The number of anilines is 1. The molecule has 1 N–H and O–H groups in total. The van der Waals surface area contributed by atoms with Crippen molar-refractivity contribution >= 4 is 23.3 Å². The van der Waals surface area contributed by atoms with Crippen molar-refractivity contribution in [2.24, 2.45) is 0 Å². The van der Waals surface area contributed by atoms with E-state index >= 15 is 0 Å². The van der Waals surface area contributed by atoms with Gasteiger partial charge in [-0.1, -0.05) is 0 Å². The number of hydrogen-bond donors (Lipinski definition) is 1. The maximum atomic E-state index is 13.0. The fraction of sp³-hybridized carbons (Fsp3) is 0.429. The minimum Gasteiger partial charge on any atom is -0.378 e. The molecule has 0 unspecified atom stereocenters. The number of carbonyl (C=O) groups is 3. The highest BCUT2D eigenvalue weighted by molar-refractivity contribution is 6.04. The largest absolute Gasteiger partial charge is 0.378 e. The van der Waals surface area contributed by atoms with E-state index in [-0.39, 0.29) is 23.4 Å². The van der Waals surface area contributed by atoms with E-state index < -0.39 is 0 Å². The van der Waals surface area contributed by atoms with E-state index in [1.54, 1.807) is 29.2 Å². The Bertz CT molecular complexity index is 942. The Morgan fingerprint density at radius 1 is 1.03 bits per heavy atom. The zero-order valence-electron chi connectivity index (χ0n) is 16.4. The summed E-state index contributed by atoms with van der Waals surface area (Å²) in [4.78, 5) is 43.5. The van der Waals surface area contributed by atoms with Gasteiger partial charge in [-0.05, 0) is 50.5 Å². The second-order valence-corrected chi connectivity index (χ2v) is 7.33. The summed E-state index contributed by atoms with van der Waals surface area (Å²) in [5.41, 5.74) is 2.38. The number of imidazole rings is 1. The van der Waals surface area contributed by atoms with Gasteiger partial charge in [-0.15, -0.1) is 0 Å². The van der Waals surface area contributed by atoms with E-state index in [1.807, 2.05) is 4.57 Å². The first-order valence-electron chi connectivity index (χ1n) is 9.93. The van der Waals surface area contributed by atoms with Gasteiger partial charge < -0.3 is 19.5 Å². The Hall–Kier alpha value is -3.00. The van der Waals surface area contributed by atoms with Crippen LogP contribution in [-0.2, 0) is 17.7 Å². The lowest BCUT2D eigenvalue weighted by Crippen LogP contribution is -2.41. The van der Waals surface area contributed by atoms with Crippen molar-refractivity contribution in [2.45, 2.75) is 32.7 Å². The third-order valence-corrected chi connectivity index (χ3v) is 5.37. The van der Waals surface area contributed by atoms with Gasteiger partial charge in [0, 0.05) is 30.9 Å². The van der Waals surface area contributed by atoms with Gasteiger partial charge in [0.1, 0.15) is 5.69 Å². The molecule has 1 aromatic carbocycles. The molecule has 0 saturated carbocycles. The van der Waals surface area contributed by atoms with Crippen molar-refractivity contribution in [3.05, 3.63) is 47.0 Å². The number of amides is 2. The second kappa shape index (κ2) is 8.16. The van der Waals surface area contributed by atoms with Crippen molar-refractivity contribution in [3.63, 3.8) is 0 Å². The maximum Gasteiger partial charge on any atom is 0.291 e. The van der Waals surface area contributed by atoms with E-state index in [0.29, 0.717) is 49.8 Å². The molecule has 3 heterocycles. The predicted octanol–water partition coefficient (Wildman–Crippen LogP) is 2.15. The smallest absolute Gasteiger partial charge is 0.291 e. The van der Waals surface area contributed by atoms with Gasteiger partial charge in [0.25, 0.3) is 11.8 Å².